The van der Waals surface area contributed by atoms with Gasteiger partial charge in [-0.3, -0.25) is 9.59 Å². The van der Waals surface area contributed by atoms with Crippen molar-refractivity contribution in [3.8, 4) is 0 Å². The van der Waals surface area contributed by atoms with Gasteiger partial charge in [-0.05, 0) is 37.5 Å². The highest BCUT2D eigenvalue weighted by Crippen LogP contribution is 2.48. The van der Waals surface area contributed by atoms with Crippen molar-refractivity contribution in [3.05, 3.63) is 0 Å². The Morgan fingerprint density at radius 3 is 1.87 bits per heavy atom. The third-order valence-corrected chi connectivity index (χ3v) is 3.94. The maximum absolute atomic E-state index is 11.5. The zero-order valence-corrected chi connectivity index (χ0v) is 8.52. The highest BCUT2D eigenvalue weighted by atomic mass is 16.7. The minimum atomic E-state index is -0.479. The number of primary amides is 1. The van der Waals surface area contributed by atoms with E-state index in [9.17, 15) is 9.59 Å². The standard InChI is InChI=1S/C10H16N2O3/c11-9(13)7-5-1-3-6(4-2-5)8(7)10(14)15-12/h5-8H,1-4,12H2,(H2,11,13). The number of rotatable bonds is 2. The molecule has 2 unspecified atom stereocenters. The topological polar surface area (TPSA) is 95.4 Å². The SMILES string of the molecule is NOC(=O)C1C2CCC(CC2)C1C(N)=O. The first-order chi connectivity index (χ1) is 7.15. The Kier molecular flexibility index (Phi) is 2.65. The molecule has 3 rings (SSSR count). The summed E-state index contributed by atoms with van der Waals surface area (Å²) < 4.78 is 0. The van der Waals surface area contributed by atoms with E-state index in [1.165, 1.54) is 0 Å². The monoisotopic (exact) mass is 212 g/mol. The van der Waals surface area contributed by atoms with Gasteiger partial charge in [0.1, 0.15) is 0 Å². The molecule has 2 atom stereocenters. The Balaban J connectivity index is 2.24. The second kappa shape index (κ2) is 3.81. The van der Waals surface area contributed by atoms with Crippen LogP contribution in [0.15, 0.2) is 0 Å². The van der Waals surface area contributed by atoms with Crippen molar-refractivity contribution in [2.24, 2.45) is 35.3 Å². The van der Waals surface area contributed by atoms with Gasteiger partial charge >= 0.3 is 5.97 Å². The summed E-state index contributed by atoms with van der Waals surface area (Å²) in [5.74, 6) is 3.73. The van der Waals surface area contributed by atoms with E-state index < -0.39 is 11.9 Å². The molecule has 15 heavy (non-hydrogen) atoms. The zero-order chi connectivity index (χ0) is 11.0. The lowest BCUT2D eigenvalue weighted by Crippen LogP contribution is -2.50. The zero-order valence-electron chi connectivity index (χ0n) is 8.52. The molecule has 84 valence electrons. The highest BCUT2D eigenvalue weighted by molar-refractivity contribution is 5.85. The van der Waals surface area contributed by atoms with E-state index in [1.807, 2.05) is 0 Å². The van der Waals surface area contributed by atoms with Crippen LogP contribution in [0.1, 0.15) is 25.7 Å². The molecule has 3 aliphatic carbocycles. The number of carbonyl (C=O) groups excluding carboxylic acids is 2. The molecule has 0 spiro atoms. The van der Waals surface area contributed by atoms with Gasteiger partial charge in [-0.2, -0.15) is 5.90 Å². The first kappa shape index (κ1) is 10.4. The van der Waals surface area contributed by atoms with Crippen molar-refractivity contribution in [2.75, 3.05) is 0 Å². The largest absolute Gasteiger partial charge is 0.373 e. The second-order valence-electron chi connectivity index (χ2n) is 4.57. The van der Waals surface area contributed by atoms with Crippen molar-refractivity contribution in [2.45, 2.75) is 25.7 Å². The summed E-state index contributed by atoms with van der Waals surface area (Å²) >= 11 is 0. The van der Waals surface area contributed by atoms with Crippen molar-refractivity contribution in [1.29, 1.82) is 0 Å². The van der Waals surface area contributed by atoms with Crippen molar-refractivity contribution < 1.29 is 14.4 Å². The first-order valence-electron chi connectivity index (χ1n) is 5.35. The van der Waals surface area contributed by atoms with Gasteiger partial charge in [-0.1, -0.05) is 0 Å². The maximum Gasteiger partial charge on any atom is 0.328 e. The van der Waals surface area contributed by atoms with E-state index in [1.54, 1.807) is 0 Å². The molecule has 0 saturated heterocycles. The molecule has 3 saturated carbocycles. The predicted octanol–water partition coefficient (Wildman–Crippen LogP) is -0.0590. The molecule has 0 radical (unpaired) electrons. The van der Waals surface area contributed by atoms with Crippen LogP contribution in [0, 0.1) is 23.7 Å². The molecule has 4 N–H and O–H groups in total. The minimum Gasteiger partial charge on any atom is -0.373 e. The van der Waals surface area contributed by atoms with Crippen molar-refractivity contribution in [1.82, 2.24) is 0 Å². The molecule has 5 nitrogen and oxygen atoms in total. The molecule has 5 heteroatoms. The quantitative estimate of drug-likeness (QED) is 0.627. The van der Waals surface area contributed by atoms with Gasteiger partial charge in [0.05, 0.1) is 11.8 Å². The number of hydrogen-bond acceptors (Lipinski definition) is 4. The normalized spacial score (nSPS) is 38.7. The number of carbonyl (C=O) groups is 2. The van der Waals surface area contributed by atoms with Gasteiger partial charge < -0.3 is 10.6 Å². The van der Waals surface area contributed by atoms with Crippen LogP contribution in [-0.2, 0) is 14.4 Å². The highest BCUT2D eigenvalue weighted by Gasteiger charge is 2.50. The van der Waals surface area contributed by atoms with Crippen molar-refractivity contribution in [3.63, 3.8) is 0 Å². The molecule has 0 aromatic heterocycles. The minimum absolute atomic E-state index is 0.226. The van der Waals surface area contributed by atoms with E-state index in [0.717, 1.165) is 25.7 Å². The summed E-state index contributed by atoms with van der Waals surface area (Å²) in [5, 5.41) is 0. The Hall–Kier alpha value is -1.10. The van der Waals surface area contributed by atoms with Gasteiger partial charge in [0.2, 0.25) is 5.91 Å². The van der Waals surface area contributed by atoms with Crippen LogP contribution in [-0.4, -0.2) is 11.9 Å². The second-order valence-corrected chi connectivity index (χ2v) is 4.57. The third-order valence-electron chi connectivity index (χ3n) is 3.94. The first-order valence-corrected chi connectivity index (χ1v) is 5.35. The van der Waals surface area contributed by atoms with E-state index >= 15 is 0 Å². The van der Waals surface area contributed by atoms with E-state index in [4.69, 9.17) is 11.6 Å². The van der Waals surface area contributed by atoms with E-state index in [2.05, 4.69) is 4.84 Å². The van der Waals surface area contributed by atoms with E-state index in [-0.39, 0.29) is 23.7 Å². The molecule has 0 aliphatic heterocycles. The van der Waals surface area contributed by atoms with Gasteiger partial charge in [-0.25, -0.2) is 0 Å². The number of nitrogens with two attached hydrogens (primary N) is 2. The molecule has 0 aromatic rings. The van der Waals surface area contributed by atoms with Crippen LogP contribution in [0.4, 0.5) is 0 Å². The fraction of sp³-hybridized carbons (Fsp3) is 0.800. The smallest absolute Gasteiger partial charge is 0.328 e. The van der Waals surface area contributed by atoms with Gasteiger partial charge in [0.15, 0.2) is 0 Å². The third kappa shape index (κ3) is 1.61. The molecule has 3 aliphatic rings. The molecule has 1 amide bonds. The van der Waals surface area contributed by atoms with Crippen LogP contribution in [0.25, 0.3) is 0 Å². The Morgan fingerprint density at radius 2 is 1.47 bits per heavy atom. The lowest BCUT2D eigenvalue weighted by atomic mass is 9.58. The summed E-state index contributed by atoms with van der Waals surface area (Å²) in [6.07, 6.45) is 3.95. The molecular formula is C10H16N2O3. The number of hydrogen-bond donors (Lipinski definition) is 2. The average molecular weight is 212 g/mol. The Labute approximate surface area is 88.1 Å². The average Bonchev–Trinajstić information content (AvgIpc) is 2.28. The summed E-state index contributed by atoms with van der Waals surface area (Å²) in [6.45, 7) is 0. The lowest BCUT2D eigenvalue weighted by Gasteiger charge is -2.45. The maximum atomic E-state index is 11.5. The summed E-state index contributed by atoms with van der Waals surface area (Å²) in [4.78, 5) is 27.1. The van der Waals surface area contributed by atoms with Gasteiger partial charge in [0.25, 0.3) is 0 Å². The molecular weight excluding hydrogens is 196 g/mol. The van der Waals surface area contributed by atoms with Crippen molar-refractivity contribution >= 4 is 11.9 Å². The summed E-state index contributed by atoms with van der Waals surface area (Å²) in [5.41, 5.74) is 5.35. The van der Waals surface area contributed by atoms with Crippen LogP contribution >= 0.6 is 0 Å². The predicted molar refractivity (Wildman–Crippen MR) is 51.9 cm³/mol. The Bertz CT molecular complexity index is 284. The molecule has 2 bridgehead atoms. The van der Waals surface area contributed by atoms with Crippen LogP contribution in [0.5, 0.6) is 0 Å². The van der Waals surface area contributed by atoms with Gasteiger partial charge in [-0.15, -0.1) is 0 Å². The van der Waals surface area contributed by atoms with Crippen LogP contribution < -0.4 is 11.6 Å². The Morgan fingerprint density at radius 1 is 1.00 bits per heavy atom. The lowest BCUT2D eigenvalue weighted by molar-refractivity contribution is -0.163. The molecule has 0 heterocycles. The summed E-state index contributed by atoms with van der Waals surface area (Å²) in [6, 6.07) is 0. The van der Waals surface area contributed by atoms with Crippen LogP contribution in [0.2, 0.25) is 0 Å². The fourth-order valence-electron chi connectivity index (χ4n) is 3.28. The number of fused-ring (bicyclic) bond motifs is 3. The number of amides is 1. The van der Waals surface area contributed by atoms with Crippen LogP contribution in [0.3, 0.4) is 0 Å². The van der Waals surface area contributed by atoms with E-state index in [0.29, 0.717) is 0 Å². The molecule has 0 aromatic carbocycles. The van der Waals surface area contributed by atoms with Gasteiger partial charge in [0, 0.05) is 0 Å². The fourth-order valence-corrected chi connectivity index (χ4v) is 3.28. The summed E-state index contributed by atoms with van der Waals surface area (Å²) in [7, 11) is 0. The molecule has 3 fully saturated rings.